The summed E-state index contributed by atoms with van der Waals surface area (Å²) in [4.78, 5) is 49.2. The molecule has 0 aliphatic heterocycles. The number of Topliss-reactive ketones (excluding diaryl/α,β-unsaturated/α-hetero) is 2. The highest BCUT2D eigenvalue weighted by atomic mass is 127. The molecule has 1 N–H and O–H groups in total. The molecule has 0 radical (unpaired) electrons. The highest BCUT2D eigenvalue weighted by Gasteiger charge is 2.25. The van der Waals surface area contributed by atoms with Crippen LogP contribution in [0.5, 0.6) is 0 Å². The predicted octanol–water partition coefficient (Wildman–Crippen LogP) is 13.6. The van der Waals surface area contributed by atoms with Crippen molar-refractivity contribution in [1.29, 1.82) is 0 Å². The van der Waals surface area contributed by atoms with Gasteiger partial charge in [-0.15, -0.1) is 34.0 Å². The number of carbonyl (C=O) groups is 3. The summed E-state index contributed by atoms with van der Waals surface area (Å²) in [7, 11) is 1.23. The second kappa shape index (κ2) is 28.2. The minimum Gasteiger partial charge on any atom is -0.499 e. The summed E-state index contributed by atoms with van der Waals surface area (Å²) in [5.74, 6) is -4.62. The zero-order valence-corrected chi connectivity index (χ0v) is 49.0. The first-order chi connectivity index (χ1) is 37.0. The van der Waals surface area contributed by atoms with Crippen LogP contribution in [-0.2, 0) is 38.2 Å². The van der Waals surface area contributed by atoms with Crippen LogP contribution in [0.4, 0.5) is 26.3 Å². The van der Waals surface area contributed by atoms with Crippen molar-refractivity contribution in [2.24, 2.45) is 0 Å². The molecule has 6 aromatic carbocycles. The summed E-state index contributed by atoms with van der Waals surface area (Å²) in [6, 6.07) is 18.8. The fourth-order valence-electron chi connectivity index (χ4n) is 7.62. The summed E-state index contributed by atoms with van der Waals surface area (Å²) >= 11 is 9.68. The van der Waals surface area contributed by atoms with Gasteiger partial charge in [-0.25, -0.2) is 46.1 Å². The van der Waals surface area contributed by atoms with Gasteiger partial charge in [-0.1, -0.05) is 24.8 Å². The largest absolute Gasteiger partial charge is 0.499 e. The number of carbonyl (C=O) groups excluding carboxylic acids is 3. The van der Waals surface area contributed by atoms with Gasteiger partial charge in [0.1, 0.15) is 53.8 Å². The highest BCUT2D eigenvalue weighted by Crippen LogP contribution is 2.33. The standard InChI is InChI=1S/C20H16F2INO3S.C18H14F2INO3S.C16H10F2INO2S/c1-2-26-5-6-27-10-17(25)14-9-18-20(24-11-28-18)19(22)15(14)7-12-3-4-13(23)8-16(12)21;19-14-6-11(21)2-1-10(14)5-13-12(15(24)8-25-4-3-23)7-16-18(17(13)20)22-9-26-16;1-22-16(21)11-6-13-15(20-7-23-13)14(18)10(11)4-8-2-3-9(19)5-12(8)17/h2-4,8-9,11H,1,5-7,10H2;1-2,6-7,9,23H,3-5,8H2;2-3,5-7H,4H2,1H3. The molecule has 0 saturated carbocycles. The molecule has 3 aromatic heterocycles. The van der Waals surface area contributed by atoms with Gasteiger partial charge in [-0.2, -0.15) is 0 Å². The number of aromatic nitrogens is 3. The fourth-order valence-corrected chi connectivity index (χ4v) is 11.1. The first kappa shape index (κ1) is 59.6. The van der Waals surface area contributed by atoms with Crippen LogP contribution in [0.3, 0.4) is 0 Å². The average molecular weight is 1450 g/mol. The first-order valence-electron chi connectivity index (χ1n) is 22.6. The molecule has 9 rings (SSSR count). The Morgan fingerprint density at radius 2 is 0.922 bits per heavy atom. The topological polar surface area (TPSA) is 147 Å². The van der Waals surface area contributed by atoms with Gasteiger partial charge in [0.2, 0.25) is 0 Å². The van der Waals surface area contributed by atoms with Crippen LogP contribution < -0.4 is 0 Å². The summed E-state index contributed by atoms with van der Waals surface area (Å²) in [6.07, 6.45) is 1.12. The molecule has 3 heterocycles. The molecule has 0 saturated heterocycles. The van der Waals surface area contributed by atoms with Crippen molar-refractivity contribution < 1.29 is 64.8 Å². The summed E-state index contributed by atoms with van der Waals surface area (Å²) < 4.78 is 111. The van der Waals surface area contributed by atoms with E-state index < -0.39 is 46.7 Å². The molecule has 23 heteroatoms. The Kier molecular flexibility index (Phi) is 21.9. The number of hydrogen-bond donors (Lipinski definition) is 1. The SMILES string of the molecule is C=COCCOCC(=O)c1cc2scnc2c(F)c1Cc1ccc(I)cc1F.COC(=O)c1cc2scnc2c(F)c1Cc1ccc(I)cc1F.O=C(COCCO)c1cc2scnc2c(F)c1Cc1ccc(I)cc1F. The molecule has 0 aliphatic carbocycles. The quantitative estimate of drug-likeness (QED) is 0.0206. The van der Waals surface area contributed by atoms with Crippen LogP contribution in [0.25, 0.3) is 30.6 Å². The predicted molar refractivity (Wildman–Crippen MR) is 309 cm³/mol. The van der Waals surface area contributed by atoms with Crippen molar-refractivity contribution in [3.05, 3.63) is 198 Å². The van der Waals surface area contributed by atoms with Gasteiger partial charge < -0.3 is 24.1 Å². The number of nitrogens with zero attached hydrogens (tertiary/aromatic N) is 3. The Bertz CT molecular complexity index is 3640. The number of benzene rings is 6. The molecular formula is C54H40F6I3N3O8S3. The lowest BCUT2D eigenvalue weighted by atomic mass is 9.96. The maximum atomic E-state index is 15.1. The van der Waals surface area contributed by atoms with Gasteiger partial charge in [-0.3, -0.25) is 9.59 Å². The van der Waals surface area contributed by atoms with E-state index >= 15 is 4.39 Å². The van der Waals surface area contributed by atoms with E-state index in [0.29, 0.717) is 30.8 Å². The Morgan fingerprint density at radius 1 is 0.558 bits per heavy atom. The molecular weight excluding hydrogens is 1410 g/mol. The summed E-state index contributed by atoms with van der Waals surface area (Å²) in [6.45, 7) is 3.16. The Hall–Kier alpha value is -5.01. The van der Waals surface area contributed by atoms with E-state index in [1.54, 1.807) is 54.6 Å². The van der Waals surface area contributed by atoms with Crippen molar-refractivity contribution in [2.45, 2.75) is 19.3 Å². The third-order valence-electron chi connectivity index (χ3n) is 11.3. The van der Waals surface area contributed by atoms with E-state index in [9.17, 15) is 36.3 Å². The van der Waals surface area contributed by atoms with E-state index in [2.05, 4.69) is 21.5 Å². The maximum Gasteiger partial charge on any atom is 0.338 e. The molecule has 0 unspecified atom stereocenters. The zero-order valence-electron chi connectivity index (χ0n) is 40.1. The summed E-state index contributed by atoms with van der Waals surface area (Å²) in [5, 5.41) is 8.76. The summed E-state index contributed by atoms with van der Waals surface area (Å²) in [5.41, 5.74) is 6.70. The number of fused-ring (bicyclic) bond motifs is 3. The second-order valence-corrected chi connectivity index (χ2v) is 22.6. The molecule has 0 bridgehead atoms. The van der Waals surface area contributed by atoms with Gasteiger partial charge >= 0.3 is 5.97 Å². The number of methoxy groups -OCH3 is 1. The van der Waals surface area contributed by atoms with E-state index in [1.165, 1.54) is 82.1 Å². The molecule has 0 fully saturated rings. The molecule has 400 valence electrons. The normalized spacial score (nSPS) is 11.1. The van der Waals surface area contributed by atoms with Gasteiger partial charge in [0.05, 0.1) is 69.4 Å². The fraction of sp³-hybridized carbons (Fsp3) is 0.185. The monoisotopic (exact) mass is 1450 g/mol. The van der Waals surface area contributed by atoms with E-state index in [4.69, 9.17) is 24.1 Å². The van der Waals surface area contributed by atoms with Crippen molar-refractivity contribution >= 4 is 150 Å². The molecule has 0 spiro atoms. The molecule has 0 amide bonds. The number of ketones is 2. The highest BCUT2D eigenvalue weighted by molar-refractivity contribution is 14.1. The molecule has 11 nitrogen and oxygen atoms in total. The lowest BCUT2D eigenvalue weighted by Gasteiger charge is -2.12. The number of hydrogen-bond acceptors (Lipinski definition) is 14. The van der Waals surface area contributed by atoms with Crippen LogP contribution >= 0.6 is 102 Å². The van der Waals surface area contributed by atoms with Crippen LogP contribution in [-0.4, -0.2) is 84.3 Å². The number of halogens is 9. The number of thiazole rings is 3. The molecule has 9 aromatic rings. The Morgan fingerprint density at radius 3 is 1.27 bits per heavy atom. The van der Waals surface area contributed by atoms with Crippen LogP contribution in [0.15, 0.2) is 102 Å². The van der Waals surface area contributed by atoms with Crippen molar-refractivity contribution in [2.75, 3.05) is 46.8 Å². The Labute approximate surface area is 489 Å². The number of aliphatic hydroxyl groups excluding tert-OH is 1. The van der Waals surface area contributed by atoms with E-state index in [1.807, 2.05) is 67.8 Å². The number of rotatable bonds is 19. The minimum atomic E-state index is -0.653. The van der Waals surface area contributed by atoms with E-state index in [-0.39, 0.29) is 115 Å². The molecule has 0 aliphatic rings. The number of esters is 1. The lowest BCUT2D eigenvalue weighted by Crippen LogP contribution is -2.15. The van der Waals surface area contributed by atoms with Crippen LogP contribution in [0.2, 0.25) is 0 Å². The van der Waals surface area contributed by atoms with E-state index in [0.717, 1.165) is 10.7 Å². The molecule has 77 heavy (non-hydrogen) atoms. The van der Waals surface area contributed by atoms with Gasteiger partial charge in [-0.05, 0) is 139 Å². The van der Waals surface area contributed by atoms with Gasteiger partial charge in [0, 0.05) is 57.8 Å². The molecule has 0 atom stereocenters. The third kappa shape index (κ3) is 15.0. The zero-order chi connectivity index (χ0) is 55.3. The van der Waals surface area contributed by atoms with Crippen molar-refractivity contribution in [3.8, 4) is 0 Å². The van der Waals surface area contributed by atoms with Gasteiger partial charge in [0.25, 0.3) is 0 Å². The van der Waals surface area contributed by atoms with Crippen LogP contribution in [0, 0.1) is 45.6 Å². The second-order valence-electron chi connectivity index (χ2n) is 16.2. The number of aliphatic hydroxyl groups is 1. The smallest absolute Gasteiger partial charge is 0.338 e. The average Bonchev–Trinajstić information content (AvgIpc) is 4.26. The third-order valence-corrected chi connectivity index (χ3v) is 15.7. The maximum absolute atomic E-state index is 15.1. The first-order valence-corrected chi connectivity index (χ1v) is 28.5. The van der Waals surface area contributed by atoms with Crippen molar-refractivity contribution in [3.63, 3.8) is 0 Å². The minimum absolute atomic E-state index is 0.0120. The van der Waals surface area contributed by atoms with Crippen LogP contribution in [0.1, 0.15) is 64.5 Å². The lowest BCUT2D eigenvalue weighted by molar-refractivity contribution is 0.0597. The number of ether oxygens (including phenoxy) is 4. The Balaban J connectivity index is 0.000000169. The van der Waals surface area contributed by atoms with Crippen molar-refractivity contribution in [1.82, 2.24) is 15.0 Å². The van der Waals surface area contributed by atoms with Gasteiger partial charge in [0.15, 0.2) is 29.0 Å².